The van der Waals surface area contributed by atoms with Crippen LogP contribution in [-0.4, -0.2) is 11.6 Å². The number of alkyl halides is 3. The normalized spacial score (nSPS) is 16.1. The van der Waals surface area contributed by atoms with Crippen LogP contribution in [-0.2, 0) is 11.0 Å². The van der Waals surface area contributed by atoms with Gasteiger partial charge in [-0.15, -0.1) is 0 Å². The molecule has 32 heavy (non-hydrogen) atoms. The lowest BCUT2D eigenvalue weighted by Gasteiger charge is -2.24. The van der Waals surface area contributed by atoms with Crippen LogP contribution in [0.15, 0.2) is 77.9 Å². The van der Waals surface area contributed by atoms with Crippen molar-refractivity contribution in [3.63, 3.8) is 0 Å². The van der Waals surface area contributed by atoms with Gasteiger partial charge in [0, 0.05) is 22.2 Å². The molecule has 0 radical (unpaired) electrons. The Bertz CT molecular complexity index is 1150. The number of hydrogen-bond acceptors (Lipinski definition) is 3. The van der Waals surface area contributed by atoms with Crippen LogP contribution < -0.4 is 10.3 Å². The molecule has 4 nitrogen and oxygen atoms in total. The van der Waals surface area contributed by atoms with Gasteiger partial charge < -0.3 is 5.32 Å². The van der Waals surface area contributed by atoms with Crippen molar-refractivity contribution in [2.45, 2.75) is 18.6 Å². The summed E-state index contributed by atoms with van der Waals surface area (Å²) in [6.07, 6.45) is -4.14. The zero-order valence-corrected chi connectivity index (χ0v) is 17.9. The molecule has 3 aromatic carbocycles. The summed E-state index contributed by atoms with van der Waals surface area (Å²) < 4.78 is 38.3. The Balaban J connectivity index is 1.58. The fourth-order valence-corrected chi connectivity index (χ4v) is 3.62. The molecular weight excluding hydrogens is 462 g/mol. The van der Waals surface area contributed by atoms with Gasteiger partial charge in [0.2, 0.25) is 0 Å². The maximum absolute atomic E-state index is 12.8. The van der Waals surface area contributed by atoms with Crippen LogP contribution in [0.25, 0.3) is 0 Å². The second-order valence-corrected chi connectivity index (χ2v) is 8.04. The Hall–Kier alpha value is -3.03. The van der Waals surface area contributed by atoms with E-state index in [4.69, 9.17) is 23.2 Å². The molecule has 0 bridgehead atoms. The fourth-order valence-electron chi connectivity index (χ4n) is 3.37. The maximum atomic E-state index is 12.8. The molecule has 1 unspecified atom stereocenters. The van der Waals surface area contributed by atoms with E-state index in [2.05, 4.69) is 10.4 Å². The van der Waals surface area contributed by atoms with Gasteiger partial charge in [-0.25, -0.2) is 0 Å². The molecule has 0 saturated carbocycles. The van der Waals surface area contributed by atoms with Crippen molar-refractivity contribution in [2.24, 2.45) is 5.10 Å². The highest BCUT2D eigenvalue weighted by atomic mass is 35.5. The van der Waals surface area contributed by atoms with E-state index < -0.39 is 17.6 Å². The van der Waals surface area contributed by atoms with Crippen molar-refractivity contribution in [3.05, 3.63) is 94.0 Å². The van der Waals surface area contributed by atoms with Gasteiger partial charge in [-0.05, 0) is 66.2 Å². The van der Waals surface area contributed by atoms with Crippen LogP contribution in [0.1, 0.15) is 23.6 Å². The number of amides is 1. The minimum Gasteiger partial charge on any atom is -0.321 e. The minimum atomic E-state index is -4.44. The number of rotatable bonds is 4. The highest BCUT2D eigenvalue weighted by Gasteiger charge is 2.33. The number of nitrogens with zero attached hydrogens (tertiary/aromatic N) is 2. The summed E-state index contributed by atoms with van der Waals surface area (Å²) in [5.41, 5.74) is 1.36. The fraction of sp³-hybridized carbons (Fsp3) is 0.130. The predicted molar refractivity (Wildman–Crippen MR) is 120 cm³/mol. The first kappa shape index (κ1) is 22.2. The van der Waals surface area contributed by atoms with Gasteiger partial charge in [0.15, 0.2) is 0 Å². The molecule has 0 saturated heterocycles. The zero-order chi connectivity index (χ0) is 22.9. The smallest absolute Gasteiger partial charge is 0.321 e. The van der Waals surface area contributed by atoms with E-state index in [1.807, 2.05) is 12.1 Å². The molecule has 164 valence electrons. The molecule has 1 amide bonds. The third kappa shape index (κ3) is 4.89. The quantitative estimate of drug-likeness (QED) is 0.441. The van der Waals surface area contributed by atoms with Crippen molar-refractivity contribution in [2.75, 3.05) is 10.3 Å². The first-order valence-electron chi connectivity index (χ1n) is 9.57. The highest BCUT2D eigenvalue weighted by Crippen LogP contribution is 2.36. The van der Waals surface area contributed by atoms with E-state index in [-0.39, 0.29) is 17.4 Å². The highest BCUT2D eigenvalue weighted by molar-refractivity contribution is 6.43. The van der Waals surface area contributed by atoms with E-state index in [0.29, 0.717) is 16.5 Å². The molecule has 1 heterocycles. The number of anilines is 2. The number of carbonyl (C=O) groups excluding carboxylic acids is 1. The summed E-state index contributed by atoms with van der Waals surface area (Å²) in [6.45, 7) is 0. The van der Waals surface area contributed by atoms with E-state index in [1.54, 1.807) is 41.4 Å². The minimum absolute atomic E-state index is 0.249. The molecule has 1 aliphatic rings. The maximum Gasteiger partial charge on any atom is 0.416 e. The molecule has 1 aliphatic heterocycles. The molecule has 0 aliphatic carbocycles. The number of hydrazone groups is 1. The average Bonchev–Trinajstić information content (AvgIpc) is 3.20. The van der Waals surface area contributed by atoms with Gasteiger partial charge in [-0.2, -0.15) is 18.3 Å². The Labute approximate surface area is 192 Å². The Kier molecular flexibility index (Phi) is 6.13. The molecule has 1 atom stereocenters. The molecule has 3 aromatic rings. The lowest BCUT2D eigenvalue weighted by Crippen LogP contribution is -2.22. The summed E-state index contributed by atoms with van der Waals surface area (Å²) >= 11 is 12.0. The van der Waals surface area contributed by atoms with Gasteiger partial charge in [0.25, 0.3) is 5.91 Å². The van der Waals surface area contributed by atoms with Crippen LogP contribution in [0.4, 0.5) is 24.5 Å². The van der Waals surface area contributed by atoms with Crippen molar-refractivity contribution < 1.29 is 18.0 Å². The largest absolute Gasteiger partial charge is 0.416 e. The number of carbonyl (C=O) groups is 1. The number of benzene rings is 3. The summed E-state index contributed by atoms with van der Waals surface area (Å²) in [4.78, 5) is 12.8. The van der Waals surface area contributed by atoms with Crippen LogP contribution in [0.2, 0.25) is 10.0 Å². The third-order valence-corrected chi connectivity index (χ3v) is 5.49. The van der Waals surface area contributed by atoms with Gasteiger partial charge in [-0.3, -0.25) is 9.80 Å². The topological polar surface area (TPSA) is 44.7 Å². The van der Waals surface area contributed by atoms with Gasteiger partial charge in [-0.1, -0.05) is 35.3 Å². The van der Waals surface area contributed by atoms with Gasteiger partial charge >= 0.3 is 6.18 Å². The molecule has 0 fully saturated rings. The summed E-state index contributed by atoms with van der Waals surface area (Å²) in [6, 6.07) is 18.3. The monoisotopic (exact) mass is 477 g/mol. The Morgan fingerprint density at radius 3 is 2.03 bits per heavy atom. The zero-order valence-electron chi connectivity index (χ0n) is 16.4. The lowest BCUT2D eigenvalue weighted by atomic mass is 10.0. The van der Waals surface area contributed by atoms with E-state index in [9.17, 15) is 18.0 Å². The molecule has 0 spiro atoms. The third-order valence-electron chi connectivity index (χ3n) is 4.99. The molecule has 4 rings (SSSR count). The molecule has 1 N–H and O–H groups in total. The van der Waals surface area contributed by atoms with Gasteiger partial charge in [0.05, 0.1) is 17.3 Å². The summed E-state index contributed by atoms with van der Waals surface area (Å²) in [7, 11) is 0. The van der Waals surface area contributed by atoms with Crippen LogP contribution in [0.3, 0.4) is 0 Å². The van der Waals surface area contributed by atoms with E-state index in [1.165, 1.54) is 12.1 Å². The van der Waals surface area contributed by atoms with Crippen molar-refractivity contribution in [1.29, 1.82) is 0 Å². The second kappa shape index (κ2) is 8.84. The van der Waals surface area contributed by atoms with Crippen molar-refractivity contribution >= 4 is 46.2 Å². The molecule has 0 aromatic heterocycles. The molecule has 9 heteroatoms. The lowest BCUT2D eigenvalue weighted by molar-refractivity contribution is -0.137. The Morgan fingerprint density at radius 1 is 0.906 bits per heavy atom. The van der Waals surface area contributed by atoms with Crippen molar-refractivity contribution in [3.8, 4) is 0 Å². The standard InChI is InChI=1S/C23H16Cl2F3N3O/c24-16-5-1-14(2-6-16)21-13-20(30-31(21)19-11-7-17(25)8-12-19)22(32)29-18-9-3-15(4-10-18)23(26,27)28/h1-12,21H,13H2,(H,29,32). The predicted octanol–water partition coefficient (Wildman–Crippen LogP) is 6.96. The number of halogens is 5. The summed E-state index contributed by atoms with van der Waals surface area (Å²) in [5.74, 6) is -0.486. The molecular formula is C23H16Cl2F3N3O. The van der Waals surface area contributed by atoms with Crippen LogP contribution in [0.5, 0.6) is 0 Å². The van der Waals surface area contributed by atoms with Crippen molar-refractivity contribution in [1.82, 2.24) is 0 Å². The average molecular weight is 478 g/mol. The van der Waals surface area contributed by atoms with Gasteiger partial charge in [0.1, 0.15) is 5.71 Å². The SMILES string of the molecule is O=C(Nc1ccc(C(F)(F)F)cc1)C1=NN(c2ccc(Cl)cc2)C(c2ccc(Cl)cc2)C1. The number of hydrogen-bond donors (Lipinski definition) is 1. The van der Waals surface area contributed by atoms with E-state index in [0.717, 1.165) is 23.4 Å². The second-order valence-electron chi connectivity index (χ2n) is 7.17. The number of nitrogens with one attached hydrogen (secondary N) is 1. The summed E-state index contributed by atoms with van der Waals surface area (Å²) in [5, 5.41) is 10.0. The first-order valence-corrected chi connectivity index (χ1v) is 10.3. The van der Waals surface area contributed by atoms with E-state index >= 15 is 0 Å². The van der Waals surface area contributed by atoms with Crippen LogP contribution >= 0.6 is 23.2 Å². The van der Waals surface area contributed by atoms with Crippen LogP contribution in [0, 0.1) is 0 Å². The first-order chi connectivity index (χ1) is 15.2. The Morgan fingerprint density at radius 2 is 1.47 bits per heavy atom.